The van der Waals surface area contributed by atoms with Gasteiger partial charge in [0.1, 0.15) is 5.75 Å². The fraction of sp³-hybridized carbons (Fsp3) is 0.200. The summed E-state index contributed by atoms with van der Waals surface area (Å²) in [7, 11) is 0. The minimum absolute atomic E-state index is 0.0608. The molecule has 0 bridgehead atoms. The number of hydrogen-bond acceptors (Lipinski definition) is 3. The van der Waals surface area contributed by atoms with Crippen molar-refractivity contribution in [3.8, 4) is 11.5 Å². The fourth-order valence-corrected chi connectivity index (χ4v) is 2.13. The smallest absolute Gasteiger partial charge is 0.312 e. The number of nitrogens with zero attached hydrogens (tertiary/aromatic N) is 1. The molecule has 0 heterocycles. The highest BCUT2D eigenvalue weighted by molar-refractivity contribution is 9.10. The van der Waals surface area contributed by atoms with Gasteiger partial charge in [-0.1, -0.05) is 41.9 Å². The SMILES string of the molecule is CC(C)c1cccc(Oc2ccc(Br)cc2[N+](=O)[O-])c1. The molecule has 0 unspecified atom stereocenters. The third-order valence-electron chi connectivity index (χ3n) is 2.87. The van der Waals surface area contributed by atoms with Gasteiger partial charge in [-0.2, -0.15) is 0 Å². The molecule has 2 aromatic rings. The number of nitro benzene ring substituents is 1. The Morgan fingerprint density at radius 3 is 2.60 bits per heavy atom. The highest BCUT2D eigenvalue weighted by Gasteiger charge is 2.16. The molecule has 0 atom stereocenters. The molecule has 0 amide bonds. The van der Waals surface area contributed by atoms with E-state index < -0.39 is 4.92 Å². The van der Waals surface area contributed by atoms with Crippen LogP contribution in [0.1, 0.15) is 25.3 Å². The van der Waals surface area contributed by atoms with Crippen LogP contribution in [0.4, 0.5) is 5.69 Å². The average Bonchev–Trinajstić information content (AvgIpc) is 2.41. The van der Waals surface area contributed by atoms with Gasteiger partial charge in [0.15, 0.2) is 0 Å². The number of rotatable bonds is 4. The third-order valence-corrected chi connectivity index (χ3v) is 3.36. The summed E-state index contributed by atoms with van der Waals surface area (Å²) in [5, 5.41) is 11.0. The van der Waals surface area contributed by atoms with Crippen molar-refractivity contribution in [1.82, 2.24) is 0 Å². The van der Waals surface area contributed by atoms with Crippen LogP contribution in [0.5, 0.6) is 11.5 Å². The van der Waals surface area contributed by atoms with Crippen LogP contribution in [-0.2, 0) is 0 Å². The van der Waals surface area contributed by atoms with Gasteiger partial charge in [0.2, 0.25) is 5.75 Å². The third kappa shape index (κ3) is 3.36. The quantitative estimate of drug-likeness (QED) is 0.564. The van der Waals surface area contributed by atoms with Crippen LogP contribution in [0, 0.1) is 10.1 Å². The first-order valence-corrected chi connectivity index (χ1v) is 6.98. The standard InChI is InChI=1S/C15H14BrNO3/c1-10(2)11-4-3-5-13(8-11)20-15-7-6-12(16)9-14(15)17(18)19/h3-10H,1-2H3. The Morgan fingerprint density at radius 2 is 1.95 bits per heavy atom. The molecular weight excluding hydrogens is 322 g/mol. The first-order chi connectivity index (χ1) is 9.47. The summed E-state index contributed by atoms with van der Waals surface area (Å²) in [6.45, 7) is 4.17. The van der Waals surface area contributed by atoms with Crippen LogP contribution in [-0.4, -0.2) is 4.92 Å². The van der Waals surface area contributed by atoms with Crippen molar-refractivity contribution in [2.45, 2.75) is 19.8 Å². The van der Waals surface area contributed by atoms with E-state index in [-0.39, 0.29) is 11.4 Å². The first-order valence-electron chi connectivity index (χ1n) is 6.19. The van der Waals surface area contributed by atoms with E-state index in [9.17, 15) is 10.1 Å². The molecule has 4 nitrogen and oxygen atoms in total. The number of ether oxygens (including phenoxy) is 1. The van der Waals surface area contributed by atoms with Crippen LogP contribution in [0.3, 0.4) is 0 Å². The van der Waals surface area contributed by atoms with Gasteiger partial charge in [-0.05, 0) is 35.7 Å². The monoisotopic (exact) mass is 335 g/mol. The predicted molar refractivity (Wildman–Crippen MR) is 81.4 cm³/mol. The maximum absolute atomic E-state index is 11.0. The number of hydrogen-bond donors (Lipinski definition) is 0. The Balaban J connectivity index is 2.35. The summed E-state index contributed by atoms with van der Waals surface area (Å²) in [4.78, 5) is 10.6. The average molecular weight is 336 g/mol. The van der Waals surface area contributed by atoms with E-state index in [1.807, 2.05) is 18.2 Å². The molecule has 0 saturated heterocycles. The molecule has 0 aliphatic rings. The van der Waals surface area contributed by atoms with Crippen LogP contribution >= 0.6 is 15.9 Å². The second kappa shape index (κ2) is 6.05. The highest BCUT2D eigenvalue weighted by Crippen LogP contribution is 2.34. The second-order valence-electron chi connectivity index (χ2n) is 4.70. The normalized spacial score (nSPS) is 10.6. The van der Waals surface area contributed by atoms with Crippen molar-refractivity contribution in [2.24, 2.45) is 0 Å². The summed E-state index contributed by atoms with van der Waals surface area (Å²) < 4.78 is 6.30. The van der Waals surface area contributed by atoms with Gasteiger partial charge in [0.05, 0.1) is 4.92 Å². The Kier molecular flexibility index (Phi) is 4.39. The van der Waals surface area contributed by atoms with E-state index in [1.165, 1.54) is 6.07 Å². The van der Waals surface area contributed by atoms with Gasteiger partial charge in [0, 0.05) is 10.5 Å². The molecule has 5 heteroatoms. The molecule has 2 aromatic carbocycles. The summed E-state index contributed by atoms with van der Waals surface area (Å²) >= 11 is 3.22. The van der Waals surface area contributed by atoms with Gasteiger partial charge in [-0.3, -0.25) is 10.1 Å². The number of halogens is 1. The minimum Gasteiger partial charge on any atom is -0.450 e. The molecule has 0 radical (unpaired) electrons. The molecular formula is C15H14BrNO3. The summed E-state index contributed by atoms with van der Waals surface area (Å²) in [6.07, 6.45) is 0. The molecule has 0 spiro atoms. The van der Waals surface area contributed by atoms with Crippen molar-refractivity contribution < 1.29 is 9.66 Å². The largest absolute Gasteiger partial charge is 0.450 e. The molecule has 0 N–H and O–H groups in total. The maximum Gasteiger partial charge on any atom is 0.312 e. The van der Waals surface area contributed by atoms with E-state index in [0.717, 1.165) is 5.56 Å². The Labute approximate surface area is 125 Å². The topological polar surface area (TPSA) is 52.4 Å². The lowest BCUT2D eigenvalue weighted by Gasteiger charge is -2.10. The summed E-state index contributed by atoms with van der Waals surface area (Å²) in [5.74, 6) is 1.21. The lowest BCUT2D eigenvalue weighted by Crippen LogP contribution is -1.94. The lowest BCUT2D eigenvalue weighted by molar-refractivity contribution is -0.385. The van der Waals surface area contributed by atoms with Crippen LogP contribution in [0.15, 0.2) is 46.9 Å². The second-order valence-corrected chi connectivity index (χ2v) is 5.61. The molecule has 0 aliphatic carbocycles. The summed E-state index contributed by atoms with van der Waals surface area (Å²) in [5.41, 5.74) is 1.07. The molecule has 20 heavy (non-hydrogen) atoms. The van der Waals surface area contributed by atoms with Crippen LogP contribution in [0.25, 0.3) is 0 Å². The van der Waals surface area contributed by atoms with Gasteiger partial charge in [-0.25, -0.2) is 0 Å². The maximum atomic E-state index is 11.0. The number of benzene rings is 2. The molecule has 0 aromatic heterocycles. The fourth-order valence-electron chi connectivity index (χ4n) is 1.78. The van der Waals surface area contributed by atoms with E-state index >= 15 is 0 Å². The highest BCUT2D eigenvalue weighted by atomic mass is 79.9. The predicted octanol–water partition coefficient (Wildman–Crippen LogP) is 5.27. The molecule has 0 aliphatic heterocycles. The Morgan fingerprint density at radius 1 is 1.20 bits per heavy atom. The number of nitro groups is 1. The zero-order valence-electron chi connectivity index (χ0n) is 11.2. The van der Waals surface area contributed by atoms with E-state index in [2.05, 4.69) is 29.8 Å². The van der Waals surface area contributed by atoms with E-state index in [0.29, 0.717) is 16.1 Å². The van der Waals surface area contributed by atoms with Gasteiger partial charge in [-0.15, -0.1) is 0 Å². The van der Waals surface area contributed by atoms with Crippen molar-refractivity contribution in [3.05, 3.63) is 62.6 Å². The van der Waals surface area contributed by atoms with Gasteiger partial charge < -0.3 is 4.74 Å². The van der Waals surface area contributed by atoms with Crippen LogP contribution < -0.4 is 4.74 Å². The Hall–Kier alpha value is -1.88. The molecule has 2 rings (SSSR count). The molecule has 104 valence electrons. The zero-order valence-corrected chi connectivity index (χ0v) is 12.8. The van der Waals surface area contributed by atoms with E-state index in [4.69, 9.17) is 4.74 Å². The van der Waals surface area contributed by atoms with Crippen molar-refractivity contribution >= 4 is 21.6 Å². The first kappa shape index (κ1) is 14.5. The van der Waals surface area contributed by atoms with Crippen molar-refractivity contribution in [1.29, 1.82) is 0 Å². The van der Waals surface area contributed by atoms with Crippen molar-refractivity contribution in [3.63, 3.8) is 0 Å². The molecule has 0 fully saturated rings. The van der Waals surface area contributed by atoms with E-state index in [1.54, 1.807) is 18.2 Å². The van der Waals surface area contributed by atoms with Gasteiger partial charge in [0.25, 0.3) is 0 Å². The lowest BCUT2D eigenvalue weighted by atomic mass is 10.0. The molecule has 0 saturated carbocycles. The van der Waals surface area contributed by atoms with Gasteiger partial charge >= 0.3 is 5.69 Å². The minimum atomic E-state index is -0.452. The van der Waals surface area contributed by atoms with Crippen LogP contribution in [0.2, 0.25) is 0 Å². The Bertz CT molecular complexity index is 641. The summed E-state index contributed by atoms with van der Waals surface area (Å²) in [6, 6.07) is 12.3. The van der Waals surface area contributed by atoms with Crippen molar-refractivity contribution in [2.75, 3.05) is 0 Å². The zero-order chi connectivity index (χ0) is 14.7.